The molecule has 0 saturated carbocycles. The summed E-state index contributed by atoms with van der Waals surface area (Å²) in [5, 5.41) is 11.0. The highest BCUT2D eigenvalue weighted by Gasteiger charge is 2.12. The van der Waals surface area contributed by atoms with E-state index in [2.05, 4.69) is 5.32 Å². The van der Waals surface area contributed by atoms with Crippen LogP contribution in [0, 0.1) is 0 Å². The van der Waals surface area contributed by atoms with E-state index in [4.69, 9.17) is 5.11 Å². The van der Waals surface area contributed by atoms with Crippen molar-refractivity contribution in [3.63, 3.8) is 0 Å². The molecule has 0 bridgehead atoms. The summed E-state index contributed by atoms with van der Waals surface area (Å²) >= 11 is 0. The Morgan fingerprint density at radius 1 is 1.33 bits per heavy atom. The molecule has 18 heavy (non-hydrogen) atoms. The molecule has 0 aliphatic carbocycles. The van der Waals surface area contributed by atoms with E-state index >= 15 is 0 Å². The van der Waals surface area contributed by atoms with Crippen LogP contribution in [0.1, 0.15) is 25.3 Å². The zero-order chi connectivity index (χ0) is 13.4. The maximum Gasteiger partial charge on any atom is 0.325 e. The Hall–Kier alpha value is -2.10. The first-order valence-corrected chi connectivity index (χ1v) is 5.83. The third kappa shape index (κ3) is 5.30. The third-order valence-corrected chi connectivity index (χ3v) is 2.40. The Balaban J connectivity index is 2.28. The van der Waals surface area contributed by atoms with Gasteiger partial charge in [-0.15, -0.1) is 0 Å². The summed E-state index contributed by atoms with van der Waals surface area (Å²) in [6, 6.07) is 8.95. The summed E-state index contributed by atoms with van der Waals surface area (Å²) in [4.78, 5) is 21.9. The first-order chi connectivity index (χ1) is 8.59. The molecule has 1 aromatic carbocycles. The molecule has 2 N–H and O–H groups in total. The van der Waals surface area contributed by atoms with E-state index in [9.17, 15) is 9.59 Å². The van der Waals surface area contributed by atoms with Gasteiger partial charge in [0, 0.05) is 6.42 Å². The molecule has 0 heterocycles. The molecule has 0 radical (unpaired) electrons. The molecular weight excluding hydrogens is 230 g/mol. The van der Waals surface area contributed by atoms with Crippen LogP contribution in [-0.2, 0) is 9.59 Å². The Morgan fingerprint density at radius 3 is 2.61 bits per heavy atom. The van der Waals surface area contributed by atoms with Crippen molar-refractivity contribution in [2.45, 2.75) is 25.8 Å². The van der Waals surface area contributed by atoms with Crippen molar-refractivity contribution in [1.29, 1.82) is 0 Å². The molecule has 96 valence electrons. The lowest BCUT2D eigenvalue weighted by molar-refractivity contribution is -0.141. The summed E-state index contributed by atoms with van der Waals surface area (Å²) in [7, 11) is 0. The maximum absolute atomic E-state index is 11.4. The normalized spacial score (nSPS) is 12.3. The fourth-order valence-corrected chi connectivity index (χ4v) is 1.37. The van der Waals surface area contributed by atoms with Crippen LogP contribution >= 0.6 is 0 Å². The van der Waals surface area contributed by atoms with Crippen LogP contribution < -0.4 is 5.32 Å². The minimum Gasteiger partial charge on any atom is -0.480 e. The third-order valence-electron chi connectivity index (χ3n) is 2.40. The number of allylic oxidation sites excluding steroid dienone is 1. The highest BCUT2D eigenvalue weighted by atomic mass is 16.4. The predicted octanol–water partition coefficient (Wildman–Crippen LogP) is 2.07. The Kier molecular flexibility index (Phi) is 5.64. The first-order valence-electron chi connectivity index (χ1n) is 5.83. The molecular formula is C14H17NO3. The Bertz CT molecular complexity index is 426. The van der Waals surface area contributed by atoms with Crippen LogP contribution in [0.2, 0.25) is 0 Å². The number of nitrogens with one attached hydrogen (secondary N) is 1. The molecule has 0 unspecified atom stereocenters. The average molecular weight is 247 g/mol. The van der Waals surface area contributed by atoms with Crippen molar-refractivity contribution in [1.82, 2.24) is 5.32 Å². The van der Waals surface area contributed by atoms with Gasteiger partial charge < -0.3 is 10.4 Å². The fourth-order valence-electron chi connectivity index (χ4n) is 1.37. The van der Waals surface area contributed by atoms with Crippen molar-refractivity contribution in [2.75, 3.05) is 0 Å². The van der Waals surface area contributed by atoms with Gasteiger partial charge in [0.25, 0.3) is 0 Å². The van der Waals surface area contributed by atoms with Crippen LogP contribution in [0.3, 0.4) is 0 Å². The monoisotopic (exact) mass is 247 g/mol. The molecule has 4 heteroatoms. The van der Waals surface area contributed by atoms with Gasteiger partial charge in [0.2, 0.25) is 5.91 Å². The van der Waals surface area contributed by atoms with Gasteiger partial charge >= 0.3 is 5.97 Å². The second-order valence-electron chi connectivity index (χ2n) is 3.98. The number of carboxylic acids is 1. The summed E-state index contributed by atoms with van der Waals surface area (Å²) in [6.07, 6.45) is 4.72. The van der Waals surface area contributed by atoms with Crippen molar-refractivity contribution < 1.29 is 14.7 Å². The largest absolute Gasteiger partial charge is 0.480 e. The number of benzene rings is 1. The van der Waals surface area contributed by atoms with Gasteiger partial charge in [0.1, 0.15) is 6.04 Å². The second kappa shape index (κ2) is 7.27. The fraction of sp³-hybridized carbons (Fsp3) is 0.286. The molecule has 1 amide bonds. The van der Waals surface area contributed by atoms with Crippen LogP contribution in [0.4, 0.5) is 0 Å². The minimum atomic E-state index is -1.02. The van der Waals surface area contributed by atoms with Gasteiger partial charge in [-0.1, -0.05) is 42.5 Å². The number of hydrogen-bond acceptors (Lipinski definition) is 2. The van der Waals surface area contributed by atoms with Crippen molar-refractivity contribution >= 4 is 18.0 Å². The lowest BCUT2D eigenvalue weighted by Crippen LogP contribution is -2.38. The van der Waals surface area contributed by atoms with E-state index in [0.717, 1.165) is 5.56 Å². The lowest BCUT2D eigenvalue weighted by Gasteiger charge is -2.07. The molecule has 1 aromatic rings. The molecule has 1 atom stereocenters. The van der Waals surface area contributed by atoms with Gasteiger partial charge in [-0.3, -0.25) is 9.59 Å². The number of carbonyl (C=O) groups is 2. The molecule has 0 aliphatic rings. The topological polar surface area (TPSA) is 66.4 Å². The van der Waals surface area contributed by atoms with Crippen LogP contribution in [-0.4, -0.2) is 23.0 Å². The molecule has 4 nitrogen and oxygen atoms in total. The highest BCUT2D eigenvalue weighted by Crippen LogP contribution is 2.03. The summed E-state index contributed by atoms with van der Waals surface area (Å²) in [5.74, 6) is -1.27. The van der Waals surface area contributed by atoms with E-state index in [-0.39, 0.29) is 5.91 Å². The van der Waals surface area contributed by atoms with Gasteiger partial charge in [-0.2, -0.15) is 0 Å². The Morgan fingerprint density at radius 2 is 2.00 bits per heavy atom. The van der Waals surface area contributed by atoms with Crippen molar-refractivity contribution in [3.8, 4) is 0 Å². The minimum absolute atomic E-state index is 0.248. The van der Waals surface area contributed by atoms with E-state index < -0.39 is 12.0 Å². The highest BCUT2D eigenvalue weighted by molar-refractivity contribution is 5.83. The zero-order valence-electron chi connectivity index (χ0n) is 10.3. The molecule has 0 saturated heterocycles. The van der Waals surface area contributed by atoms with Gasteiger partial charge in [-0.25, -0.2) is 0 Å². The zero-order valence-corrected chi connectivity index (χ0v) is 10.3. The van der Waals surface area contributed by atoms with Crippen LogP contribution in [0.15, 0.2) is 36.4 Å². The number of carbonyl (C=O) groups excluding carboxylic acids is 1. The standard InChI is InChI=1S/C14H17NO3/c1-11(14(17)18)15-13(16)10-6-5-9-12-7-3-2-4-8-12/h2-5,7-9,11H,6,10H2,1H3,(H,15,16)(H,17,18)/b9-5+/t11-/m0/s1. The number of amides is 1. The maximum atomic E-state index is 11.4. The molecule has 0 fully saturated rings. The quantitative estimate of drug-likeness (QED) is 0.808. The number of hydrogen-bond donors (Lipinski definition) is 2. The van der Waals surface area contributed by atoms with Crippen molar-refractivity contribution in [3.05, 3.63) is 42.0 Å². The van der Waals surface area contributed by atoms with E-state index in [1.807, 2.05) is 42.5 Å². The summed E-state index contributed by atoms with van der Waals surface area (Å²) < 4.78 is 0. The molecule has 1 rings (SSSR count). The summed E-state index contributed by atoms with van der Waals surface area (Å²) in [6.45, 7) is 1.44. The van der Waals surface area contributed by atoms with Crippen molar-refractivity contribution in [2.24, 2.45) is 0 Å². The predicted molar refractivity (Wildman–Crippen MR) is 70.0 cm³/mol. The number of carboxylic acid groups (broad SMARTS) is 1. The molecule has 0 aliphatic heterocycles. The number of aliphatic carboxylic acids is 1. The summed E-state index contributed by atoms with van der Waals surface area (Å²) in [5.41, 5.74) is 1.08. The van der Waals surface area contributed by atoms with Crippen LogP contribution in [0.5, 0.6) is 0 Å². The van der Waals surface area contributed by atoms with E-state index in [0.29, 0.717) is 12.8 Å². The first kappa shape index (κ1) is 14.0. The van der Waals surface area contributed by atoms with Gasteiger partial charge in [-0.05, 0) is 18.9 Å². The number of rotatable bonds is 6. The SMILES string of the molecule is C[C@H](NC(=O)CC/C=C/c1ccccc1)C(=O)O. The molecule has 0 spiro atoms. The van der Waals surface area contributed by atoms with E-state index in [1.165, 1.54) is 6.92 Å². The lowest BCUT2D eigenvalue weighted by atomic mass is 10.2. The Labute approximate surface area is 106 Å². The van der Waals surface area contributed by atoms with E-state index in [1.54, 1.807) is 0 Å². The second-order valence-corrected chi connectivity index (χ2v) is 3.98. The molecule has 0 aromatic heterocycles. The average Bonchev–Trinajstić information content (AvgIpc) is 2.35. The van der Waals surface area contributed by atoms with Gasteiger partial charge in [0.15, 0.2) is 0 Å². The van der Waals surface area contributed by atoms with Gasteiger partial charge in [0.05, 0.1) is 0 Å². The van der Waals surface area contributed by atoms with Crippen LogP contribution in [0.25, 0.3) is 6.08 Å². The smallest absolute Gasteiger partial charge is 0.325 e.